The molecule has 5 nitrogen and oxygen atoms in total. The van der Waals surface area contributed by atoms with E-state index in [2.05, 4.69) is 44.7 Å². The largest absolute Gasteiger partial charge is 0.496 e. The van der Waals surface area contributed by atoms with Gasteiger partial charge >= 0.3 is 0 Å². The first-order valence-corrected chi connectivity index (χ1v) is 10.6. The summed E-state index contributed by atoms with van der Waals surface area (Å²) < 4.78 is 5.38. The van der Waals surface area contributed by atoms with E-state index in [1.54, 1.807) is 13.3 Å². The molecule has 5 rings (SSSR count). The van der Waals surface area contributed by atoms with E-state index >= 15 is 0 Å². The summed E-state index contributed by atoms with van der Waals surface area (Å²) in [4.78, 5) is 2.42. The fourth-order valence-corrected chi connectivity index (χ4v) is 4.99. The fourth-order valence-electron chi connectivity index (χ4n) is 4.99. The fraction of sp³-hybridized carbons (Fsp3) is 0.565. The molecule has 5 heteroatoms. The van der Waals surface area contributed by atoms with E-state index in [1.807, 2.05) is 12.3 Å². The number of hydrogen-bond donors (Lipinski definition) is 1. The topological polar surface area (TPSA) is 50.3 Å². The third kappa shape index (κ3) is 4.30. The molecule has 0 bridgehead atoms. The van der Waals surface area contributed by atoms with Crippen LogP contribution in [0.4, 0.5) is 5.69 Å². The summed E-state index contributed by atoms with van der Waals surface area (Å²) in [5.74, 6) is 1.71. The second-order valence-electron chi connectivity index (χ2n) is 8.43. The van der Waals surface area contributed by atoms with Crippen molar-refractivity contribution in [1.82, 2.24) is 15.5 Å². The highest BCUT2D eigenvalue weighted by Gasteiger charge is 2.44. The average Bonchev–Trinajstić information content (AvgIpc) is 3.25. The number of anilines is 1. The molecule has 0 unspecified atom stereocenters. The number of para-hydroxylation sites is 1. The number of aromatic nitrogens is 2. The summed E-state index contributed by atoms with van der Waals surface area (Å²) in [6.07, 6.45) is 11.8. The van der Waals surface area contributed by atoms with E-state index in [0.717, 1.165) is 18.8 Å². The van der Waals surface area contributed by atoms with E-state index in [9.17, 15) is 0 Å². The van der Waals surface area contributed by atoms with E-state index < -0.39 is 0 Å². The Balaban J connectivity index is 0.000000137. The summed E-state index contributed by atoms with van der Waals surface area (Å²) in [6.45, 7) is 4.73. The Labute approximate surface area is 168 Å². The number of nitrogens with zero attached hydrogens (tertiary/aromatic N) is 3. The minimum Gasteiger partial charge on any atom is -0.496 e. The molecule has 1 saturated carbocycles. The van der Waals surface area contributed by atoms with E-state index in [0.29, 0.717) is 11.3 Å². The molecular formula is C23H32N4O. The molecule has 0 amide bonds. The van der Waals surface area contributed by atoms with Crippen LogP contribution in [0.5, 0.6) is 5.75 Å². The monoisotopic (exact) mass is 380 g/mol. The van der Waals surface area contributed by atoms with Crippen molar-refractivity contribution in [3.63, 3.8) is 0 Å². The molecule has 2 aliphatic heterocycles. The van der Waals surface area contributed by atoms with Gasteiger partial charge in [-0.3, -0.25) is 0 Å². The van der Waals surface area contributed by atoms with Crippen molar-refractivity contribution >= 4 is 5.69 Å². The van der Waals surface area contributed by atoms with Crippen molar-refractivity contribution in [2.24, 2.45) is 5.41 Å². The van der Waals surface area contributed by atoms with Crippen molar-refractivity contribution in [3.05, 3.63) is 48.3 Å². The average molecular weight is 381 g/mol. The Bertz CT molecular complexity index is 731. The van der Waals surface area contributed by atoms with Gasteiger partial charge in [0, 0.05) is 18.5 Å². The van der Waals surface area contributed by atoms with Crippen LogP contribution in [0.25, 0.3) is 0 Å². The zero-order valence-corrected chi connectivity index (χ0v) is 16.9. The van der Waals surface area contributed by atoms with Crippen LogP contribution in [-0.4, -0.2) is 43.5 Å². The second kappa shape index (κ2) is 8.91. The maximum absolute atomic E-state index is 5.38. The standard InChI is InChI=1S/C12H17NO.C11H15N3/c1-14-12-5-3-2-4-11(12)10-6-8-13-9-7-10;1-2-5-11(4-1)8-14(9-11)10-3-6-12-13-7-10/h2-5,10,13H,6-9H2,1H3;3,6-7H,1-2,4-5,8-9H2. The van der Waals surface area contributed by atoms with Crippen LogP contribution in [0.3, 0.4) is 0 Å². The number of nitrogens with one attached hydrogen (secondary N) is 1. The van der Waals surface area contributed by atoms with E-state index in [-0.39, 0.29) is 0 Å². The summed E-state index contributed by atoms with van der Waals surface area (Å²) >= 11 is 0. The smallest absolute Gasteiger partial charge is 0.122 e. The molecule has 1 spiro atoms. The molecule has 3 aliphatic rings. The van der Waals surface area contributed by atoms with Crippen molar-refractivity contribution in [2.75, 3.05) is 38.2 Å². The number of piperidine rings is 1. The lowest BCUT2D eigenvalue weighted by atomic mass is 9.78. The third-order valence-corrected chi connectivity index (χ3v) is 6.57. The first kappa shape index (κ1) is 19.2. The van der Waals surface area contributed by atoms with Gasteiger partial charge in [-0.15, -0.1) is 0 Å². The normalized spacial score (nSPS) is 21.0. The van der Waals surface area contributed by atoms with Crippen LogP contribution in [0.15, 0.2) is 42.7 Å². The van der Waals surface area contributed by atoms with Gasteiger partial charge in [0.2, 0.25) is 0 Å². The summed E-state index contributed by atoms with van der Waals surface area (Å²) in [7, 11) is 1.75. The number of rotatable bonds is 3. The lowest BCUT2D eigenvalue weighted by molar-refractivity contribution is 0.222. The Kier molecular flexibility index (Phi) is 6.10. The lowest BCUT2D eigenvalue weighted by Gasteiger charge is -2.49. The zero-order valence-electron chi connectivity index (χ0n) is 16.9. The van der Waals surface area contributed by atoms with E-state index in [1.165, 1.54) is 62.9 Å². The van der Waals surface area contributed by atoms with Gasteiger partial charge in [0.25, 0.3) is 0 Å². The van der Waals surface area contributed by atoms with Crippen molar-refractivity contribution in [3.8, 4) is 5.75 Å². The molecular weight excluding hydrogens is 348 g/mol. The van der Waals surface area contributed by atoms with Crippen LogP contribution in [0, 0.1) is 5.41 Å². The van der Waals surface area contributed by atoms with Crippen LogP contribution < -0.4 is 15.0 Å². The van der Waals surface area contributed by atoms with Gasteiger partial charge < -0.3 is 15.0 Å². The molecule has 1 aliphatic carbocycles. The summed E-state index contributed by atoms with van der Waals surface area (Å²) in [5, 5.41) is 11.1. The van der Waals surface area contributed by atoms with Gasteiger partial charge in [0.05, 0.1) is 25.2 Å². The van der Waals surface area contributed by atoms with Crippen molar-refractivity contribution < 1.29 is 4.74 Å². The molecule has 3 fully saturated rings. The number of ether oxygens (including phenoxy) is 1. The minimum atomic E-state index is 0.670. The number of methoxy groups -OCH3 is 1. The highest BCUT2D eigenvalue weighted by atomic mass is 16.5. The maximum atomic E-state index is 5.38. The van der Waals surface area contributed by atoms with Gasteiger partial charge in [-0.05, 0) is 62.4 Å². The molecule has 150 valence electrons. The molecule has 28 heavy (non-hydrogen) atoms. The van der Waals surface area contributed by atoms with Crippen LogP contribution >= 0.6 is 0 Å². The van der Waals surface area contributed by atoms with Crippen molar-refractivity contribution in [2.45, 2.75) is 44.4 Å². The molecule has 0 atom stereocenters. The number of benzene rings is 1. The van der Waals surface area contributed by atoms with Crippen LogP contribution in [0.2, 0.25) is 0 Å². The van der Waals surface area contributed by atoms with E-state index in [4.69, 9.17) is 4.74 Å². The first-order chi connectivity index (χ1) is 13.8. The zero-order chi connectivity index (χ0) is 19.2. The molecule has 3 heterocycles. The van der Waals surface area contributed by atoms with Gasteiger partial charge in [0.1, 0.15) is 5.75 Å². The van der Waals surface area contributed by atoms with Gasteiger partial charge in [-0.2, -0.15) is 10.2 Å². The van der Waals surface area contributed by atoms with Gasteiger partial charge in [0.15, 0.2) is 0 Å². The highest BCUT2D eigenvalue weighted by molar-refractivity contribution is 5.47. The van der Waals surface area contributed by atoms with Crippen LogP contribution in [0.1, 0.15) is 50.0 Å². The predicted octanol–water partition coefficient (Wildman–Crippen LogP) is 4.02. The van der Waals surface area contributed by atoms with Crippen LogP contribution in [-0.2, 0) is 0 Å². The van der Waals surface area contributed by atoms with Crippen molar-refractivity contribution in [1.29, 1.82) is 0 Å². The quantitative estimate of drug-likeness (QED) is 0.872. The predicted molar refractivity (Wildman–Crippen MR) is 113 cm³/mol. The lowest BCUT2D eigenvalue weighted by Crippen LogP contribution is -2.55. The van der Waals surface area contributed by atoms with Gasteiger partial charge in [-0.1, -0.05) is 31.0 Å². The summed E-state index contributed by atoms with van der Waals surface area (Å²) in [6, 6.07) is 10.4. The molecule has 0 radical (unpaired) electrons. The Morgan fingerprint density at radius 3 is 2.46 bits per heavy atom. The molecule has 1 aromatic heterocycles. The minimum absolute atomic E-state index is 0.670. The molecule has 1 aromatic carbocycles. The Morgan fingerprint density at radius 2 is 1.79 bits per heavy atom. The Hall–Kier alpha value is -2.14. The maximum Gasteiger partial charge on any atom is 0.122 e. The van der Waals surface area contributed by atoms with Gasteiger partial charge in [-0.25, -0.2) is 0 Å². The summed E-state index contributed by atoms with van der Waals surface area (Å²) in [5.41, 5.74) is 3.28. The highest BCUT2D eigenvalue weighted by Crippen LogP contribution is 2.46. The first-order valence-electron chi connectivity index (χ1n) is 10.6. The SMILES string of the molecule is COc1ccccc1C1CCNCC1.c1cc(N2CC3(CCCC3)C2)cnn1. The molecule has 2 aromatic rings. The third-order valence-electron chi connectivity index (χ3n) is 6.57. The second-order valence-corrected chi connectivity index (χ2v) is 8.43. The number of hydrogen-bond acceptors (Lipinski definition) is 5. The molecule has 2 saturated heterocycles. The Morgan fingerprint density at radius 1 is 1.04 bits per heavy atom. The molecule has 1 N–H and O–H groups in total.